The molecule has 27 heavy (non-hydrogen) atoms. The molecule has 1 saturated heterocycles. The molecule has 2 aromatic rings. The fourth-order valence-corrected chi connectivity index (χ4v) is 3.82. The van der Waals surface area contributed by atoms with Crippen LogP contribution in [-0.2, 0) is 22.6 Å². The highest BCUT2D eigenvalue weighted by molar-refractivity contribution is 5.81. The summed E-state index contributed by atoms with van der Waals surface area (Å²) >= 11 is 0. The number of aromatic nitrogens is 2. The van der Waals surface area contributed by atoms with Crippen molar-refractivity contribution in [2.45, 2.75) is 51.5 Å². The Balaban J connectivity index is 1.43. The molecule has 2 amide bonds. The van der Waals surface area contributed by atoms with Crippen LogP contribution in [0.3, 0.4) is 0 Å². The molecule has 6 heteroatoms. The predicted molar refractivity (Wildman–Crippen MR) is 104 cm³/mol. The number of benzene rings is 1. The molecule has 4 rings (SSSR count). The molecule has 0 atom stereocenters. The smallest absolute Gasteiger partial charge is 0.242 e. The van der Waals surface area contributed by atoms with E-state index in [9.17, 15) is 9.59 Å². The molecule has 6 nitrogen and oxygen atoms in total. The number of piperidine rings is 1. The molecule has 0 unspecified atom stereocenters. The number of aryl methyl sites for hydroxylation is 1. The number of likely N-dealkylation sites (tertiary alicyclic amines) is 1. The van der Waals surface area contributed by atoms with Gasteiger partial charge in [-0.3, -0.25) is 9.59 Å². The number of fused-ring (bicyclic) bond motifs is 1. The molecule has 0 spiro atoms. The number of nitrogens with one attached hydrogen (secondary N) is 1. The first kappa shape index (κ1) is 18.0. The van der Waals surface area contributed by atoms with Gasteiger partial charge in [0.1, 0.15) is 12.4 Å². The van der Waals surface area contributed by atoms with Gasteiger partial charge >= 0.3 is 0 Å². The molecule has 1 N–H and O–H groups in total. The van der Waals surface area contributed by atoms with Crippen LogP contribution < -0.4 is 5.32 Å². The summed E-state index contributed by atoms with van der Waals surface area (Å²) in [6.07, 6.45) is 7.07. The van der Waals surface area contributed by atoms with Crippen LogP contribution in [0.5, 0.6) is 0 Å². The average molecular weight is 368 g/mol. The van der Waals surface area contributed by atoms with E-state index >= 15 is 0 Å². The average Bonchev–Trinajstić information content (AvgIpc) is 3.50. The summed E-state index contributed by atoms with van der Waals surface area (Å²) in [4.78, 5) is 31.3. The van der Waals surface area contributed by atoms with Crippen molar-refractivity contribution in [2.24, 2.45) is 5.92 Å². The maximum absolute atomic E-state index is 12.8. The summed E-state index contributed by atoms with van der Waals surface area (Å²) in [5, 5.41) is 3.01. The molecule has 0 bridgehead atoms. The fourth-order valence-electron chi connectivity index (χ4n) is 3.82. The maximum atomic E-state index is 12.8. The monoisotopic (exact) mass is 368 g/mol. The highest BCUT2D eigenvalue weighted by Gasteiger charge is 2.29. The van der Waals surface area contributed by atoms with Gasteiger partial charge in [0, 0.05) is 32.0 Å². The lowest BCUT2D eigenvalue weighted by molar-refractivity contribution is -0.132. The van der Waals surface area contributed by atoms with E-state index in [-0.39, 0.29) is 17.7 Å². The summed E-state index contributed by atoms with van der Waals surface area (Å²) in [5.74, 6) is 1.55. The lowest BCUT2D eigenvalue weighted by Gasteiger charge is -2.27. The molecule has 2 aliphatic rings. The van der Waals surface area contributed by atoms with Crippen molar-refractivity contribution in [1.29, 1.82) is 0 Å². The Morgan fingerprint density at radius 2 is 1.89 bits per heavy atom. The van der Waals surface area contributed by atoms with Crippen molar-refractivity contribution >= 4 is 22.8 Å². The van der Waals surface area contributed by atoms with Gasteiger partial charge in [-0.05, 0) is 50.7 Å². The molecule has 1 aliphatic carbocycles. The second kappa shape index (κ2) is 8.11. The standard InChI is InChI=1S/C21H28N4O2/c26-20(24-13-4-1-5-14-24)15-25-18-8-3-2-7-17(18)23-19(25)9-6-12-22-21(27)16-10-11-16/h2-3,7-8,16H,1,4-6,9-15H2,(H,22,27). The van der Waals surface area contributed by atoms with Gasteiger partial charge in [0.2, 0.25) is 11.8 Å². The number of rotatable bonds is 7. The lowest BCUT2D eigenvalue weighted by Crippen LogP contribution is -2.38. The van der Waals surface area contributed by atoms with Crippen LogP contribution in [0.4, 0.5) is 0 Å². The zero-order valence-corrected chi connectivity index (χ0v) is 15.8. The number of imidazole rings is 1. The van der Waals surface area contributed by atoms with Gasteiger partial charge in [0.25, 0.3) is 0 Å². The van der Waals surface area contributed by atoms with Gasteiger partial charge in [-0.15, -0.1) is 0 Å². The third-order valence-corrected chi connectivity index (χ3v) is 5.56. The third kappa shape index (κ3) is 4.31. The summed E-state index contributed by atoms with van der Waals surface area (Å²) in [6.45, 7) is 2.75. The minimum Gasteiger partial charge on any atom is -0.356 e. The molecule has 1 aromatic heterocycles. The van der Waals surface area contributed by atoms with Crippen molar-refractivity contribution in [3.63, 3.8) is 0 Å². The fraction of sp³-hybridized carbons (Fsp3) is 0.571. The Kier molecular flexibility index (Phi) is 5.41. The predicted octanol–water partition coefficient (Wildman–Crippen LogP) is 2.51. The van der Waals surface area contributed by atoms with Crippen molar-refractivity contribution in [2.75, 3.05) is 19.6 Å². The van der Waals surface area contributed by atoms with Crippen molar-refractivity contribution in [1.82, 2.24) is 19.8 Å². The molecule has 2 heterocycles. The van der Waals surface area contributed by atoms with Crippen molar-refractivity contribution in [3.05, 3.63) is 30.1 Å². The highest BCUT2D eigenvalue weighted by Crippen LogP contribution is 2.28. The summed E-state index contributed by atoms with van der Waals surface area (Å²) in [6, 6.07) is 8.00. The van der Waals surface area contributed by atoms with E-state index in [0.29, 0.717) is 13.1 Å². The van der Waals surface area contributed by atoms with E-state index in [1.165, 1.54) is 6.42 Å². The highest BCUT2D eigenvalue weighted by atomic mass is 16.2. The van der Waals surface area contributed by atoms with Gasteiger partial charge in [0.15, 0.2) is 0 Å². The Morgan fingerprint density at radius 1 is 1.11 bits per heavy atom. The summed E-state index contributed by atoms with van der Waals surface area (Å²) < 4.78 is 2.06. The van der Waals surface area contributed by atoms with Crippen LogP contribution >= 0.6 is 0 Å². The molecule has 1 aliphatic heterocycles. The number of carbonyl (C=O) groups excluding carboxylic acids is 2. The first-order valence-corrected chi connectivity index (χ1v) is 10.2. The number of amides is 2. The second-order valence-electron chi connectivity index (χ2n) is 7.71. The van der Waals surface area contributed by atoms with Crippen LogP contribution in [0.25, 0.3) is 11.0 Å². The normalized spacial score (nSPS) is 17.3. The van der Waals surface area contributed by atoms with Crippen molar-refractivity contribution in [3.8, 4) is 0 Å². The van der Waals surface area contributed by atoms with Gasteiger partial charge in [-0.2, -0.15) is 0 Å². The molecule has 1 saturated carbocycles. The third-order valence-electron chi connectivity index (χ3n) is 5.56. The van der Waals surface area contributed by atoms with E-state index < -0.39 is 0 Å². The van der Waals surface area contributed by atoms with Crippen LogP contribution in [-0.4, -0.2) is 45.9 Å². The Labute approximate surface area is 159 Å². The Hall–Kier alpha value is -2.37. The largest absolute Gasteiger partial charge is 0.356 e. The molecule has 2 fully saturated rings. The van der Waals surface area contributed by atoms with Crippen LogP contribution in [0.1, 0.15) is 44.3 Å². The molecule has 1 aromatic carbocycles. The second-order valence-corrected chi connectivity index (χ2v) is 7.71. The quantitative estimate of drug-likeness (QED) is 0.764. The van der Waals surface area contributed by atoms with Gasteiger partial charge in [0.05, 0.1) is 11.0 Å². The van der Waals surface area contributed by atoms with E-state index in [0.717, 1.165) is 68.5 Å². The van der Waals surface area contributed by atoms with Crippen LogP contribution in [0.15, 0.2) is 24.3 Å². The molecule has 144 valence electrons. The number of hydrogen-bond donors (Lipinski definition) is 1. The van der Waals surface area contributed by atoms with Crippen LogP contribution in [0.2, 0.25) is 0 Å². The van der Waals surface area contributed by atoms with Gasteiger partial charge in [-0.1, -0.05) is 12.1 Å². The number of carbonyl (C=O) groups is 2. The summed E-state index contributed by atoms with van der Waals surface area (Å²) in [5.41, 5.74) is 1.95. The number of nitrogens with zero attached hydrogens (tertiary/aromatic N) is 3. The van der Waals surface area contributed by atoms with E-state index in [2.05, 4.69) is 9.88 Å². The first-order valence-electron chi connectivity index (χ1n) is 10.2. The minimum atomic E-state index is 0.182. The molecular formula is C21H28N4O2. The first-order chi connectivity index (χ1) is 13.2. The van der Waals surface area contributed by atoms with E-state index in [1.54, 1.807) is 0 Å². The van der Waals surface area contributed by atoms with Crippen LogP contribution in [0, 0.1) is 5.92 Å². The van der Waals surface area contributed by atoms with E-state index in [1.807, 2.05) is 29.2 Å². The molecular weight excluding hydrogens is 340 g/mol. The SMILES string of the molecule is O=C(NCCCc1nc2ccccc2n1CC(=O)N1CCCCC1)C1CC1. The topological polar surface area (TPSA) is 67.2 Å². The maximum Gasteiger partial charge on any atom is 0.242 e. The van der Waals surface area contributed by atoms with E-state index in [4.69, 9.17) is 4.98 Å². The minimum absolute atomic E-state index is 0.182. The lowest BCUT2D eigenvalue weighted by atomic mass is 10.1. The summed E-state index contributed by atoms with van der Waals surface area (Å²) in [7, 11) is 0. The number of para-hydroxylation sites is 2. The van der Waals surface area contributed by atoms with Gasteiger partial charge < -0.3 is 14.8 Å². The molecule has 0 radical (unpaired) electrons. The Bertz CT molecular complexity index is 819. The van der Waals surface area contributed by atoms with Gasteiger partial charge in [-0.25, -0.2) is 4.98 Å². The van der Waals surface area contributed by atoms with Crippen molar-refractivity contribution < 1.29 is 9.59 Å². The zero-order valence-electron chi connectivity index (χ0n) is 15.8. The Morgan fingerprint density at radius 3 is 2.67 bits per heavy atom. The number of hydrogen-bond acceptors (Lipinski definition) is 3. The zero-order chi connectivity index (χ0) is 18.6.